The van der Waals surface area contributed by atoms with Crippen LogP contribution in [0.2, 0.25) is 5.02 Å². The van der Waals surface area contributed by atoms with Crippen molar-refractivity contribution in [3.63, 3.8) is 0 Å². The van der Waals surface area contributed by atoms with Crippen molar-refractivity contribution >= 4 is 29.2 Å². The maximum Gasteiger partial charge on any atom is 0.377 e. The lowest BCUT2D eigenvalue weighted by molar-refractivity contribution is -0.168. The van der Waals surface area contributed by atoms with Crippen molar-refractivity contribution in [2.24, 2.45) is 0 Å². The predicted octanol–water partition coefficient (Wildman–Crippen LogP) is 2.12. The van der Waals surface area contributed by atoms with Crippen LogP contribution in [-0.4, -0.2) is 24.3 Å². The molecule has 1 unspecified atom stereocenters. The van der Waals surface area contributed by atoms with Crippen LogP contribution >= 0.6 is 11.6 Å². The average molecular weight is 282 g/mol. The molecule has 1 N–H and O–H groups in total. The molecule has 5 nitrogen and oxygen atoms in total. The highest BCUT2D eigenvalue weighted by atomic mass is 35.5. The quantitative estimate of drug-likeness (QED) is 0.857. The second-order valence-corrected chi connectivity index (χ2v) is 4.28. The van der Waals surface area contributed by atoms with E-state index in [0.717, 1.165) is 0 Å². The van der Waals surface area contributed by atoms with Crippen molar-refractivity contribution in [2.75, 3.05) is 11.9 Å². The number of benzene rings is 1. The van der Waals surface area contributed by atoms with Crippen molar-refractivity contribution in [1.82, 2.24) is 0 Å². The van der Waals surface area contributed by atoms with Crippen molar-refractivity contribution in [3.8, 4) is 0 Å². The van der Waals surface area contributed by atoms with E-state index in [4.69, 9.17) is 21.1 Å². The van der Waals surface area contributed by atoms with Gasteiger partial charge in [0.2, 0.25) is 0 Å². The van der Waals surface area contributed by atoms with Crippen LogP contribution in [0.15, 0.2) is 36.4 Å². The first-order valence-electron chi connectivity index (χ1n) is 5.69. The summed E-state index contributed by atoms with van der Waals surface area (Å²) in [4.78, 5) is 23.2. The topological polar surface area (TPSA) is 64.6 Å². The van der Waals surface area contributed by atoms with Gasteiger partial charge in [0.05, 0.1) is 6.61 Å². The summed E-state index contributed by atoms with van der Waals surface area (Å²) >= 11 is 5.78. The molecular weight excluding hydrogens is 270 g/mol. The van der Waals surface area contributed by atoms with E-state index >= 15 is 0 Å². The molecule has 0 aromatic heterocycles. The van der Waals surface area contributed by atoms with Crippen LogP contribution in [0, 0.1) is 0 Å². The molecule has 0 saturated heterocycles. The average Bonchev–Trinajstić information content (AvgIpc) is 2.75. The Morgan fingerprint density at radius 2 is 2.11 bits per heavy atom. The molecule has 0 radical (unpaired) electrons. The number of anilines is 1. The van der Waals surface area contributed by atoms with Gasteiger partial charge in [0.1, 0.15) is 0 Å². The standard InChI is InChI=1S/C13H12ClNO4/c1-2-18-12(17)13(8-7-11(16)19-13)15-10-5-3-9(14)4-6-10/h3-8,15H,2H2,1H3. The summed E-state index contributed by atoms with van der Waals surface area (Å²) in [5.41, 5.74) is -1.03. The summed E-state index contributed by atoms with van der Waals surface area (Å²) in [6.45, 7) is 1.86. The summed E-state index contributed by atoms with van der Waals surface area (Å²) in [5, 5.41) is 3.40. The summed E-state index contributed by atoms with van der Waals surface area (Å²) in [7, 11) is 0. The molecule has 1 heterocycles. The molecular formula is C13H12ClNO4. The molecule has 0 aliphatic carbocycles. The van der Waals surface area contributed by atoms with Crippen molar-refractivity contribution in [2.45, 2.75) is 12.6 Å². The third-order valence-electron chi connectivity index (χ3n) is 2.47. The fourth-order valence-corrected chi connectivity index (χ4v) is 1.75. The highest BCUT2D eigenvalue weighted by Crippen LogP contribution is 2.25. The highest BCUT2D eigenvalue weighted by Gasteiger charge is 2.45. The van der Waals surface area contributed by atoms with Crippen molar-refractivity contribution in [3.05, 3.63) is 41.4 Å². The van der Waals surface area contributed by atoms with Gasteiger partial charge in [-0.1, -0.05) is 11.6 Å². The summed E-state index contributed by atoms with van der Waals surface area (Å²) in [5.74, 6) is -1.28. The zero-order valence-corrected chi connectivity index (χ0v) is 10.9. The van der Waals surface area contributed by atoms with Gasteiger partial charge in [-0.3, -0.25) is 0 Å². The molecule has 19 heavy (non-hydrogen) atoms. The number of hydrogen-bond acceptors (Lipinski definition) is 5. The lowest BCUT2D eigenvalue weighted by Crippen LogP contribution is -2.47. The zero-order valence-electron chi connectivity index (χ0n) is 10.2. The second kappa shape index (κ2) is 5.32. The van der Waals surface area contributed by atoms with Gasteiger partial charge in [0, 0.05) is 16.8 Å². The van der Waals surface area contributed by atoms with Crippen LogP contribution in [0.5, 0.6) is 0 Å². The summed E-state index contributed by atoms with van der Waals surface area (Å²) < 4.78 is 9.95. The number of nitrogens with one attached hydrogen (secondary N) is 1. The number of rotatable bonds is 4. The van der Waals surface area contributed by atoms with Gasteiger partial charge in [-0.2, -0.15) is 0 Å². The molecule has 0 saturated carbocycles. The first-order chi connectivity index (χ1) is 9.05. The highest BCUT2D eigenvalue weighted by molar-refractivity contribution is 6.30. The minimum Gasteiger partial charge on any atom is -0.461 e. The summed E-state index contributed by atoms with van der Waals surface area (Å²) in [6, 6.07) is 6.65. The molecule has 0 fully saturated rings. The Kier molecular flexibility index (Phi) is 3.76. The maximum absolute atomic E-state index is 11.9. The normalized spacial score (nSPS) is 21.1. The Hall–Kier alpha value is -2.01. The third kappa shape index (κ3) is 2.88. The van der Waals surface area contributed by atoms with Gasteiger partial charge in [0.15, 0.2) is 0 Å². The number of cyclic esters (lactones) is 1. The van der Waals surface area contributed by atoms with Crippen molar-refractivity contribution < 1.29 is 19.1 Å². The third-order valence-corrected chi connectivity index (χ3v) is 2.72. The van der Waals surface area contributed by atoms with Crippen LogP contribution in [0.3, 0.4) is 0 Å². The molecule has 0 bridgehead atoms. The first-order valence-corrected chi connectivity index (χ1v) is 6.07. The fraction of sp³-hybridized carbons (Fsp3) is 0.231. The Morgan fingerprint density at radius 1 is 1.42 bits per heavy atom. The SMILES string of the molecule is CCOC(=O)C1(Nc2ccc(Cl)cc2)C=CC(=O)O1. The number of ether oxygens (including phenoxy) is 2. The minimum absolute atomic E-state index is 0.189. The van der Waals surface area contributed by atoms with Gasteiger partial charge >= 0.3 is 17.7 Å². The summed E-state index contributed by atoms with van der Waals surface area (Å²) in [6.07, 6.45) is 2.52. The van der Waals surface area contributed by atoms with E-state index in [1.54, 1.807) is 31.2 Å². The van der Waals surface area contributed by atoms with Crippen molar-refractivity contribution in [1.29, 1.82) is 0 Å². The lowest BCUT2D eigenvalue weighted by atomic mass is 10.2. The van der Waals surface area contributed by atoms with E-state index in [2.05, 4.69) is 5.32 Å². The van der Waals surface area contributed by atoms with Gasteiger partial charge in [0.25, 0.3) is 0 Å². The molecule has 1 aromatic rings. The molecule has 1 aliphatic rings. The van der Waals surface area contributed by atoms with E-state index in [-0.39, 0.29) is 6.61 Å². The Bertz CT molecular complexity index is 526. The van der Waals surface area contributed by atoms with Gasteiger partial charge in [-0.25, -0.2) is 9.59 Å². The van der Waals surface area contributed by atoms with Crippen LogP contribution in [0.1, 0.15) is 6.92 Å². The Balaban J connectivity index is 2.24. The molecule has 1 aromatic carbocycles. The lowest BCUT2D eigenvalue weighted by Gasteiger charge is -2.26. The van der Waals surface area contributed by atoms with E-state index < -0.39 is 17.7 Å². The Labute approximate surface area is 115 Å². The van der Waals surface area contributed by atoms with Gasteiger partial charge in [-0.05, 0) is 37.3 Å². The molecule has 0 spiro atoms. The number of hydrogen-bond donors (Lipinski definition) is 1. The van der Waals surface area contributed by atoms with Crippen LogP contribution in [-0.2, 0) is 19.1 Å². The number of esters is 2. The van der Waals surface area contributed by atoms with Gasteiger partial charge < -0.3 is 14.8 Å². The molecule has 2 rings (SSSR count). The maximum atomic E-state index is 11.9. The monoisotopic (exact) mass is 281 g/mol. The smallest absolute Gasteiger partial charge is 0.377 e. The van der Waals surface area contributed by atoms with E-state index in [0.29, 0.717) is 10.7 Å². The predicted molar refractivity (Wildman–Crippen MR) is 69.7 cm³/mol. The second-order valence-electron chi connectivity index (χ2n) is 3.84. The number of carbonyl (C=O) groups excluding carboxylic acids is 2. The van der Waals surface area contributed by atoms with E-state index in [1.165, 1.54) is 12.2 Å². The Morgan fingerprint density at radius 3 is 2.63 bits per heavy atom. The molecule has 1 aliphatic heterocycles. The molecule has 100 valence electrons. The van der Waals surface area contributed by atoms with E-state index in [1.807, 2.05) is 0 Å². The van der Waals surface area contributed by atoms with Gasteiger partial charge in [-0.15, -0.1) is 0 Å². The molecule has 0 amide bonds. The van der Waals surface area contributed by atoms with E-state index in [9.17, 15) is 9.59 Å². The fourth-order valence-electron chi connectivity index (χ4n) is 1.63. The molecule has 1 atom stereocenters. The number of halogens is 1. The molecule has 6 heteroatoms. The van der Waals surface area contributed by atoms with Crippen LogP contribution in [0.25, 0.3) is 0 Å². The number of carbonyl (C=O) groups is 2. The largest absolute Gasteiger partial charge is 0.461 e. The zero-order chi connectivity index (χ0) is 13.9. The minimum atomic E-state index is -1.61. The van der Waals surface area contributed by atoms with Crippen LogP contribution < -0.4 is 5.32 Å². The first kappa shape index (κ1) is 13.4. The van der Waals surface area contributed by atoms with Crippen LogP contribution in [0.4, 0.5) is 5.69 Å².